The zero-order valence-electron chi connectivity index (χ0n) is 14.2. The second kappa shape index (κ2) is 6.04. The molecule has 0 spiro atoms. The summed E-state index contributed by atoms with van der Waals surface area (Å²) in [5.74, 6) is 0.628. The minimum atomic E-state index is 0.247. The smallest absolute Gasteiger partial charge is 0.165 e. The molecule has 0 aliphatic carbocycles. The van der Waals surface area contributed by atoms with E-state index in [4.69, 9.17) is 10.7 Å². The third-order valence-electron chi connectivity index (χ3n) is 4.84. The van der Waals surface area contributed by atoms with E-state index in [1.165, 1.54) is 5.57 Å². The lowest BCUT2D eigenvalue weighted by Gasteiger charge is -2.35. The molecule has 1 atom stereocenters. The topological polar surface area (TPSA) is 86.8 Å². The molecule has 0 aromatic carbocycles. The summed E-state index contributed by atoms with van der Waals surface area (Å²) < 4.78 is 1.73. The van der Waals surface area contributed by atoms with Crippen molar-refractivity contribution >= 4 is 17.0 Å². The van der Waals surface area contributed by atoms with Crippen molar-refractivity contribution in [2.24, 2.45) is 0 Å². The Morgan fingerprint density at radius 3 is 3.04 bits per heavy atom. The molecule has 0 bridgehead atoms. The number of hydrazine groups is 1. The molecule has 2 aromatic heterocycles. The summed E-state index contributed by atoms with van der Waals surface area (Å²) in [5, 5.41) is 9.84. The summed E-state index contributed by atoms with van der Waals surface area (Å²) in [6.07, 6.45) is 3.92. The van der Waals surface area contributed by atoms with Gasteiger partial charge in [-0.25, -0.2) is 10.4 Å². The number of rotatable bonds is 3. The normalized spacial score (nSPS) is 22.3. The second-order valence-electron chi connectivity index (χ2n) is 6.35. The van der Waals surface area contributed by atoms with Gasteiger partial charge in [-0.2, -0.15) is 9.61 Å². The monoisotopic (exact) mass is 328 g/mol. The lowest BCUT2D eigenvalue weighted by molar-refractivity contribution is 0.167. The number of nitrogens with one attached hydrogen (secondary N) is 2. The lowest BCUT2D eigenvalue weighted by atomic mass is 10.1. The summed E-state index contributed by atoms with van der Waals surface area (Å²) in [6.45, 7) is 6.91. The molecule has 0 radical (unpaired) electrons. The summed E-state index contributed by atoms with van der Waals surface area (Å²) in [4.78, 5) is 7.38. The molecule has 1 fully saturated rings. The average Bonchev–Trinajstić information content (AvgIpc) is 3.21. The van der Waals surface area contributed by atoms with Crippen LogP contribution in [0.1, 0.15) is 24.2 Å². The van der Waals surface area contributed by atoms with Crippen LogP contribution in [0.15, 0.2) is 18.5 Å². The van der Waals surface area contributed by atoms with Gasteiger partial charge in [-0.3, -0.25) is 4.90 Å². The number of hydrogen-bond acceptors (Lipinski definition) is 7. The Morgan fingerprint density at radius 2 is 2.29 bits per heavy atom. The van der Waals surface area contributed by atoms with Gasteiger partial charge in [0.15, 0.2) is 5.65 Å². The van der Waals surface area contributed by atoms with Crippen molar-refractivity contribution in [3.8, 4) is 0 Å². The van der Waals surface area contributed by atoms with Crippen LogP contribution in [-0.2, 0) is 0 Å². The highest BCUT2D eigenvalue weighted by Crippen LogP contribution is 2.27. The Kier molecular flexibility index (Phi) is 3.87. The maximum absolute atomic E-state index is 6.27. The van der Waals surface area contributed by atoms with E-state index in [1.807, 2.05) is 24.3 Å². The van der Waals surface area contributed by atoms with Gasteiger partial charge in [-0.15, -0.1) is 0 Å². The Balaban J connectivity index is 1.79. The van der Waals surface area contributed by atoms with E-state index in [1.54, 1.807) is 4.52 Å². The van der Waals surface area contributed by atoms with Crippen molar-refractivity contribution in [1.82, 2.24) is 35.2 Å². The molecule has 2 aliphatic rings. The molecular formula is C16H24N8. The fourth-order valence-electron chi connectivity index (χ4n) is 3.52. The molecule has 128 valence electrons. The molecular weight excluding hydrogens is 304 g/mol. The van der Waals surface area contributed by atoms with E-state index in [9.17, 15) is 0 Å². The molecule has 0 saturated carbocycles. The van der Waals surface area contributed by atoms with E-state index in [2.05, 4.69) is 33.9 Å². The van der Waals surface area contributed by atoms with E-state index in [0.29, 0.717) is 5.82 Å². The summed E-state index contributed by atoms with van der Waals surface area (Å²) in [5.41, 5.74) is 13.6. The first-order valence-electron chi connectivity index (χ1n) is 8.43. The number of nitrogens with zero attached hydrogens (tertiary/aromatic N) is 5. The molecule has 1 unspecified atom stereocenters. The van der Waals surface area contributed by atoms with Gasteiger partial charge in [0.25, 0.3) is 0 Å². The highest BCUT2D eigenvalue weighted by atomic mass is 15.5. The predicted molar refractivity (Wildman–Crippen MR) is 94.0 cm³/mol. The Bertz CT molecular complexity index is 780. The summed E-state index contributed by atoms with van der Waals surface area (Å²) in [6, 6.07) is 2.20. The Labute approximate surface area is 141 Å². The number of hydrogen-bond donors (Lipinski definition) is 3. The number of likely N-dealkylation sites (N-methyl/N-ethyl adjacent to an activating group) is 1. The molecule has 8 nitrogen and oxygen atoms in total. The van der Waals surface area contributed by atoms with Crippen LogP contribution in [0.2, 0.25) is 0 Å². The van der Waals surface area contributed by atoms with Gasteiger partial charge in [0, 0.05) is 51.1 Å². The first-order valence-corrected chi connectivity index (χ1v) is 8.43. The van der Waals surface area contributed by atoms with Crippen molar-refractivity contribution < 1.29 is 0 Å². The van der Waals surface area contributed by atoms with Gasteiger partial charge in [0.05, 0.1) is 17.9 Å². The van der Waals surface area contributed by atoms with Crippen LogP contribution >= 0.6 is 0 Å². The van der Waals surface area contributed by atoms with Crippen molar-refractivity contribution in [2.75, 3.05) is 45.5 Å². The average molecular weight is 328 g/mol. The first-order chi connectivity index (χ1) is 11.7. The van der Waals surface area contributed by atoms with E-state index in [-0.39, 0.29) is 6.04 Å². The number of piperazine rings is 1. The van der Waals surface area contributed by atoms with Gasteiger partial charge in [0.1, 0.15) is 5.82 Å². The quantitative estimate of drug-likeness (QED) is 0.735. The third kappa shape index (κ3) is 2.52. The van der Waals surface area contributed by atoms with E-state index >= 15 is 0 Å². The van der Waals surface area contributed by atoms with Crippen LogP contribution in [0.4, 0.5) is 5.82 Å². The lowest BCUT2D eigenvalue weighted by Crippen LogP contribution is -2.46. The van der Waals surface area contributed by atoms with Gasteiger partial charge >= 0.3 is 0 Å². The maximum Gasteiger partial charge on any atom is 0.165 e. The molecule has 2 aromatic rings. The van der Waals surface area contributed by atoms with Crippen LogP contribution < -0.4 is 16.5 Å². The van der Waals surface area contributed by atoms with Gasteiger partial charge in [-0.05, 0) is 12.1 Å². The van der Waals surface area contributed by atoms with Gasteiger partial charge in [0.2, 0.25) is 0 Å². The maximum atomic E-state index is 6.27. The van der Waals surface area contributed by atoms with Gasteiger partial charge in [-0.1, -0.05) is 6.92 Å². The standard InChI is InChI=1S/C16H24N8/c1-3-23-5-4-18-9-14(23)13-6-15(17)24-16(21-13)12(8-20-24)11-7-19-22(2)10-11/h6,8,10,14,18-19H,3-5,7,9,17H2,1-2H3. The summed E-state index contributed by atoms with van der Waals surface area (Å²) >= 11 is 0. The number of fused-ring (bicyclic) bond motifs is 1. The minimum absolute atomic E-state index is 0.247. The van der Waals surface area contributed by atoms with Crippen LogP contribution in [-0.4, -0.2) is 64.3 Å². The van der Waals surface area contributed by atoms with Crippen molar-refractivity contribution in [2.45, 2.75) is 13.0 Å². The van der Waals surface area contributed by atoms with Crippen LogP contribution in [0.25, 0.3) is 11.2 Å². The van der Waals surface area contributed by atoms with E-state index in [0.717, 1.165) is 49.6 Å². The second-order valence-corrected chi connectivity index (χ2v) is 6.35. The number of nitrogen functional groups attached to an aromatic ring is 1. The largest absolute Gasteiger partial charge is 0.384 e. The zero-order valence-corrected chi connectivity index (χ0v) is 14.2. The minimum Gasteiger partial charge on any atom is -0.384 e. The fourth-order valence-corrected chi connectivity index (χ4v) is 3.52. The molecule has 4 N–H and O–H groups in total. The third-order valence-corrected chi connectivity index (χ3v) is 4.84. The van der Waals surface area contributed by atoms with Gasteiger partial charge < -0.3 is 16.1 Å². The zero-order chi connectivity index (χ0) is 16.7. The van der Waals surface area contributed by atoms with Crippen LogP contribution in [0.3, 0.4) is 0 Å². The van der Waals surface area contributed by atoms with Crippen molar-refractivity contribution in [3.05, 3.63) is 29.7 Å². The number of aromatic nitrogens is 3. The van der Waals surface area contributed by atoms with Crippen LogP contribution in [0, 0.1) is 0 Å². The highest BCUT2D eigenvalue weighted by Gasteiger charge is 2.25. The molecule has 4 heterocycles. The SMILES string of the molecule is CCN1CCNCC1c1cc(N)n2ncc(C3=CN(C)NC3)c2n1. The molecule has 2 aliphatic heterocycles. The fraction of sp³-hybridized carbons (Fsp3) is 0.500. The molecule has 4 rings (SSSR count). The molecule has 0 amide bonds. The molecule has 24 heavy (non-hydrogen) atoms. The molecule has 1 saturated heterocycles. The van der Waals surface area contributed by atoms with Crippen molar-refractivity contribution in [1.29, 1.82) is 0 Å². The number of nitrogens with two attached hydrogens (primary N) is 1. The Hall–Kier alpha value is -2.16. The summed E-state index contributed by atoms with van der Waals surface area (Å²) in [7, 11) is 1.98. The number of anilines is 1. The molecule has 8 heteroatoms. The van der Waals surface area contributed by atoms with Crippen molar-refractivity contribution in [3.63, 3.8) is 0 Å². The predicted octanol–water partition coefficient (Wildman–Crippen LogP) is 0.0686. The Morgan fingerprint density at radius 1 is 1.42 bits per heavy atom. The first kappa shape index (κ1) is 15.4. The highest BCUT2D eigenvalue weighted by molar-refractivity contribution is 5.78. The van der Waals surface area contributed by atoms with Crippen LogP contribution in [0.5, 0.6) is 0 Å². The van der Waals surface area contributed by atoms with E-state index < -0.39 is 0 Å².